The van der Waals surface area contributed by atoms with Gasteiger partial charge in [-0.15, -0.1) is 0 Å². The van der Waals surface area contributed by atoms with Crippen LogP contribution in [0.5, 0.6) is 5.75 Å². The highest BCUT2D eigenvalue weighted by atomic mass is 16.5. The van der Waals surface area contributed by atoms with Crippen molar-refractivity contribution in [1.82, 2.24) is 10.2 Å². The summed E-state index contributed by atoms with van der Waals surface area (Å²) >= 11 is 0. The summed E-state index contributed by atoms with van der Waals surface area (Å²) in [5.74, 6) is 0.624. The van der Waals surface area contributed by atoms with E-state index in [-0.39, 0.29) is 5.91 Å². The molecule has 2 aromatic rings. The highest BCUT2D eigenvalue weighted by molar-refractivity contribution is 6.04. The van der Waals surface area contributed by atoms with Crippen LogP contribution in [0.25, 0.3) is 0 Å². The Labute approximate surface area is 118 Å². The molecule has 0 fully saturated rings. The zero-order valence-corrected chi connectivity index (χ0v) is 12.0. The molecular formula is C15H19N3O2. The van der Waals surface area contributed by atoms with Gasteiger partial charge in [0.05, 0.1) is 23.7 Å². The first-order chi connectivity index (χ1) is 9.61. The molecule has 5 heteroatoms. The summed E-state index contributed by atoms with van der Waals surface area (Å²) in [5, 5.41) is 9.76. The first-order valence-corrected chi connectivity index (χ1v) is 6.67. The van der Waals surface area contributed by atoms with E-state index in [4.69, 9.17) is 4.74 Å². The second-order valence-electron chi connectivity index (χ2n) is 4.64. The van der Waals surface area contributed by atoms with E-state index in [1.54, 1.807) is 24.3 Å². The van der Waals surface area contributed by atoms with E-state index in [1.165, 1.54) is 0 Å². The van der Waals surface area contributed by atoms with E-state index in [2.05, 4.69) is 22.4 Å². The van der Waals surface area contributed by atoms with Crippen LogP contribution in [0, 0.1) is 13.8 Å². The van der Waals surface area contributed by atoms with Gasteiger partial charge in [0.25, 0.3) is 5.91 Å². The third-order valence-electron chi connectivity index (χ3n) is 2.96. The quantitative estimate of drug-likeness (QED) is 0.879. The van der Waals surface area contributed by atoms with Crippen LogP contribution in [-0.4, -0.2) is 22.7 Å². The Balaban J connectivity index is 2.06. The molecule has 1 aromatic carbocycles. The molecule has 2 N–H and O–H groups in total. The predicted molar refractivity (Wildman–Crippen MR) is 78.2 cm³/mol. The van der Waals surface area contributed by atoms with Gasteiger partial charge in [0.1, 0.15) is 5.75 Å². The van der Waals surface area contributed by atoms with Crippen LogP contribution < -0.4 is 10.1 Å². The van der Waals surface area contributed by atoms with Gasteiger partial charge in [-0.05, 0) is 44.5 Å². The summed E-state index contributed by atoms with van der Waals surface area (Å²) in [4.78, 5) is 12.1. The van der Waals surface area contributed by atoms with E-state index in [0.29, 0.717) is 12.2 Å². The molecule has 2 rings (SSSR count). The van der Waals surface area contributed by atoms with Crippen molar-refractivity contribution in [3.05, 3.63) is 41.2 Å². The Bertz CT molecular complexity index is 568. The summed E-state index contributed by atoms with van der Waals surface area (Å²) in [7, 11) is 0. The minimum Gasteiger partial charge on any atom is -0.494 e. The first kappa shape index (κ1) is 14.1. The van der Waals surface area contributed by atoms with Crippen molar-refractivity contribution in [1.29, 1.82) is 0 Å². The van der Waals surface area contributed by atoms with Crippen LogP contribution in [0.1, 0.15) is 35.1 Å². The Hall–Kier alpha value is -2.30. The standard InChI is InChI=1S/C15H19N3O2/c1-4-9-20-13-7-5-12(6-8-13)15(19)16-14-10(2)17-18-11(14)3/h5-8H,4,9H2,1-3H3,(H,16,19)(H,17,18). The highest BCUT2D eigenvalue weighted by Crippen LogP contribution is 2.18. The van der Waals surface area contributed by atoms with Crippen LogP contribution in [-0.2, 0) is 0 Å². The molecule has 1 amide bonds. The zero-order chi connectivity index (χ0) is 14.5. The maximum Gasteiger partial charge on any atom is 0.255 e. The molecule has 0 saturated carbocycles. The molecule has 20 heavy (non-hydrogen) atoms. The average molecular weight is 273 g/mol. The number of carbonyl (C=O) groups is 1. The third-order valence-corrected chi connectivity index (χ3v) is 2.96. The monoisotopic (exact) mass is 273 g/mol. The van der Waals surface area contributed by atoms with Crippen LogP contribution in [0.4, 0.5) is 5.69 Å². The van der Waals surface area contributed by atoms with E-state index >= 15 is 0 Å². The fourth-order valence-corrected chi connectivity index (χ4v) is 1.84. The summed E-state index contributed by atoms with van der Waals surface area (Å²) < 4.78 is 5.49. The normalized spacial score (nSPS) is 10.3. The van der Waals surface area contributed by atoms with Crippen molar-refractivity contribution in [2.24, 2.45) is 0 Å². The number of ether oxygens (including phenoxy) is 1. The molecule has 0 aliphatic rings. The molecule has 0 radical (unpaired) electrons. The number of carbonyl (C=O) groups excluding carboxylic acids is 1. The molecule has 106 valence electrons. The molecule has 0 atom stereocenters. The van der Waals surface area contributed by atoms with Gasteiger partial charge in [0, 0.05) is 5.56 Å². The van der Waals surface area contributed by atoms with E-state index < -0.39 is 0 Å². The van der Waals surface area contributed by atoms with Gasteiger partial charge in [0.2, 0.25) is 0 Å². The molecule has 0 saturated heterocycles. The van der Waals surface area contributed by atoms with E-state index in [9.17, 15) is 4.79 Å². The second kappa shape index (κ2) is 6.23. The number of benzene rings is 1. The molecule has 0 aliphatic carbocycles. The van der Waals surface area contributed by atoms with Crippen LogP contribution in [0.3, 0.4) is 0 Å². The van der Waals surface area contributed by atoms with Crippen molar-refractivity contribution < 1.29 is 9.53 Å². The number of anilines is 1. The van der Waals surface area contributed by atoms with Crippen LogP contribution in [0.2, 0.25) is 0 Å². The van der Waals surface area contributed by atoms with Crippen molar-refractivity contribution >= 4 is 11.6 Å². The summed E-state index contributed by atoms with van der Waals surface area (Å²) in [6.07, 6.45) is 0.960. The number of aromatic amines is 1. The maximum atomic E-state index is 12.1. The zero-order valence-electron chi connectivity index (χ0n) is 12.0. The Kier molecular flexibility index (Phi) is 4.40. The highest BCUT2D eigenvalue weighted by Gasteiger charge is 2.11. The topological polar surface area (TPSA) is 67.0 Å². The Morgan fingerprint density at radius 1 is 1.30 bits per heavy atom. The lowest BCUT2D eigenvalue weighted by molar-refractivity contribution is 0.102. The molecule has 0 bridgehead atoms. The van der Waals surface area contributed by atoms with Crippen molar-refractivity contribution in [2.45, 2.75) is 27.2 Å². The number of nitrogens with one attached hydrogen (secondary N) is 2. The number of aryl methyl sites for hydroxylation is 2. The van der Waals surface area contributed by atoms with Crippen molar-refractivity contribution in [3.8, 4) is 5.75 Å². The lowest BCUT2D eigenvalue weighted by Crippen LogP contribution is -2.12. The number of rotatable bonds is 5. The molecule has 5 nitrogen and oxygen atoms in total. The minimum absolute atomic E-state index is 0.153. The Morgan fingerprint density at radius 3 is 2.55 bits per heavy atom. The predicted octanol–water partition coefficient (Wildman–Crippen LogP) is 3.07. The fraction of sp³-hybridized carbons (Fsp3) is 0.333. The second-order valence-corrected chi connectivity index (χ2v) is 4.64. The first-order valence-electron chi connectivity index (χ1n) is 6.67. The van der Waals surface area contributed by atoms with Crippen LogP contribution in [0.15, 0.2) is 24.3 Å². The number of hydrogen-bond donors (Lipinski definition) is 2. The molecule has 0 aliphatic heterocycles. The third kappa shape index (κ3) is 3.17. The van der Waals surface area contributed by atoms with Gasteiger partial charge in [-0.3, -0.25) is 9.89 Å². The molecular weight excluding hydrogens is 254 g/mol. The maximum absolute atomic E-state index is 12.1. The number of amides is 1. The van der Waals surface area contributed by atoms with Crippen molar-refractivity contribution in [3.63, 3.8) is 0 Å². The largest absolute Gasteiger partial charge is 0.494 e. The number of H-pyrrole nitrogens is 1. The summed E-state index contributed by atoms with van der Waals surface area (Å²) in [6.45, 7) is 6.45. The minimum atomic E-state index is -0.153. The van der Waals surface area contributed by atoms with Crippen LogP contribution >= 0.6 is 0 Å². The average Bonchev–Trinajstić information content (AvgIpc) is 2.77. The molecule has 1 heterocycles. The van der Waals surface area contributed by atoms with Gasteiger partial charge in [0.15, 0.2) is 0 Å². The number of hydrogen-bond acceptors (Lipinski definition) is 3. The number of aromatic nitrogens is 2. The van der Waals surface area contributed by atoms with Gasteiger partial charge < -0.3 is 10.1 Å². The molecule has 0 unspecified atom stereocenters. The smallest absolute Gasteiger partial charge is 0.255 e. The molecule has 1 aromatic heterocycles. The lowest BCUT2D eigenvalue weighted by Gasteiger charge is -2.07. The fourth-order valence-electron chi connectivity index (χ4n) is 1.84. The SMILES string of the molecule is CCCOc1ccc(C(=O)Nc2c(C)n[nH]c2C)cc1. The van der Waals surface area contributed by atoms with Crippen molar-refractivity contribution in [2.75, 3.05) is 11.9 Å². The van der Waals surface area contributed by atoms with Gasteiger partial charge >= 0.3 is 0 Å². The van der Waals surface area contributed by atoms with Gasteiger partial charge in [-0.1, -0.05) is 6.92 Å². The van der Waals surface area contributed by atoms with Gasteiger partial charge in [-0.25, -0.2) is 0 Å². The van der Waals surface area contributed by atoms with E-state index in [1.807, 2.05) is 13.8 Å². The molecule has 0 spiro atoms. The van der Waals surface area contributed by atoms with Gasteiger partial charge in [-0.2, -0.15) is 5.10 Å². The summed E-state index contributed by atoms with van der Waals surface area (Å²) in [5.41, 5.74) is 2.95. The lowest BCUT2D eigenvalue weighted by atomic mass is 10.2. The van der Waals surface area contributed by atoms with E-state index in [0.717, 1.165) is 29.2 Å². The summed E-state index contributed by atoms with van der Waals surface area (Å²) in [6, 6.07) is 7.12. The number of nitrogens with zero attached hydrogens (tertiary/aromatic N) is 1. The Morgan fingerprint density at radius 2 is 2.00 bits per heavy atom.